The average molecular weight is 318 g/mol. The number of aromatic hydroxyl groups is 2. The van der Waals surface area contributed by atoms with Crippen molar-refractivity contribution in [2.45, 2.75) is 11.6 Å². The molecular formula is C16H14O7. The molecule has 0 fully saturated rings. The summed E-state index contributed by atoms with van der Waals surface area (Å²) in [5.74, 6) is -8.01. The van der Waals surface area contributed by atoms with Gasteiger partial charge in [0.05, 0.1) is 0 Å². The molecule has 0 saturated carbocycles. The number of phenolic OH excluding ortho intramolecular Hbond substituents is 2. The second kappa shape index (κ2) is 4.95. The molecule has 0 saturated heterocycles. The third kappa shape index (κ3) is 1.91. The van der Waals surface area contributed by atoms with Gasteiger partial charge in [-0.05, 0) is 12.1 Å². The lowest BCUT2D eigenvalue weighted by atomic mass is 9.86. The Balaban J connectivity index is 2.28. The van der Waals surface area contributed by atoms with Crippen LogP contribution in [0.25, 0.3) is 0 Å². The van der Waals surface area contributed by atoms with Gasteiger partial charge in [0.2, 0.25) is 5.78 Å². The summed E-state index contributed by atoms with van der Waals surface area (Å²) < 4.78 is 10.3. The fourth-order valence-electron chi connectivity index (χ4n) is 2.57. The van der Waals surface area contributed by atoms with Crippen LogP contribution in [0, 0.1) is 0 Å². The maximum absolute atomic E-state index is 12.6. The Bertz CT molecular complexity index is 773. The Hall–Kier alpha value is -2.61. The summed E-state index contributed by atoms with van der Waals surface area (Å²) in [6.07, 6.45) is 0. The number of methoxy groups -OCH3 is 1. The predicted molar refractivity (Wildman–Crippen MR) is 77.0 cm³/mol. The molecule has 4 N–H and O–H groups in total. The number of Topliss-reactive ketones (excluding diaryl/α,β-unsaturated/α-hetero) is 1. The molecule has 0 amide bonds. The summed E-state index contributed by atoms with van der Waals surface area (Å²) in [4.78, 5) is 12.6. The first-order chi connectivity index (χ1) is 10.8. The van der Waals surface area contributed by atoms with Crippen LogP contribution in [0.2, 0.25) is 0 Å². The van der Waals surface area contributed by atoms with Crippen molar-refractivity contribution in [2.24, 2.45) is 0 Å². The van der Waals surface area contributed by atoms with Crippen molar-refractivity contribution in [2.75, 3.05) is 7.11 Å². The van der Waals surface area contributed by atoms with E-state index >= 15 is 0 Å². The summed E-state index contributed by atoms with van der Waals surface area (Å²) in [5, 5.41) is 40.9. The van der Waals surface area contributed by atoms with Gasteiger partial charge in [0.1, 0.15) is 11.3 Å². The Morgan fingerprint density at radius 2 is 1.70 bits per heavy atom. The van der Waals surface area contributed by atoms with Crippen molar-refractivity contribution in [1.29, 1.82) is 0 Å². The van der Waals surface area contributed by atoms with E-state index in [0.717, 1.165) is 13.2 Å². The summed E-state index contributed by atoms with van der Waals surface area (Å²) in [6, 6.07) is 10.0. The molecule has 0 aliphatic carbocycles. The minimum atomic E-state index is -2.81. The zero-order chi connectivity index (χ0) is 16.8. The van der Waals surface area contributed by atoms with Crippen LogP contribution < -0.4 is 4.74 Å². The topological polar surface area (TPSA) is 116 Å². The second-order valence-corrected chi connectivity index (χ2v) is 5.10. The number of carbonyl (C=O) groups excluding carboxylic acids is 1. The van der Waals surface area contributed by atoms with Gasteiger partial charge in [-0.15, -0.1) is 0 Å². The number of rotatable bonds is 2. The summed E-state index contributed by atoms with van der Waals surface area (Å²) in [5.41, 5.74) is -0.397. The zero-order valence-corrected chi connectivity index (χ0v) is 12.1. The van der Waals surface area contributed by atoms with Crippen LogP contribution in [0.4, 0.5) is 0 Å². The van der Waals surface area contributed by atoms with Gasteiger partial charge >= 0.3 is 5.79 Å². The van der Waals surface area contributed by atoms with Crippen LogP contribution in [-0.4, -0.2) is 39.1 Å². The number of ether oxygens (including phenoxy) is 2. The van der Waals surface area contributed by atoms with Gasteiger partial charge in [0, 0.05) is 12.7 Å². The zero-order valence-electron chi connectivity index (χ0n) is 12.1. The van der Waals surface area contributed by atoms with Crippen LogP contribution in [-0.2, 0) is 10.5 Å². The number of benzene rings is 2. The minimum absolute atomic E-state index is 0.0796. The van der Waals surface area contributed by atoms with E-state index < -0.39 is 34.4 Å². The summed E-state index contributed by atoms with van der Waals surface area (Å²) in [6.45, 7) is 0. The van der Waals surface area contributed by atoms with Gasteiger partial charge in [-0.1, -0.05) is 30.3 Å². The SMILES string of the molecule is COC1(O)C(=O)c2c(ccc(O)c2O)OC1(O)c1ccccc1. The Kier molecular flexibility index (Phi) is 3.29. The predicted octanol–water partition coefficient (Wildman–Crippen LogP) is 0.853. The first-order valence-electron chi connectivity index (χ1n) is 6.69. The lowest BCUT2D eigenvalue weighted by Gasteiger charge is -2.44. The average Bonchev–Trinajstić information content (AvgIpc) is 2.57. The van der Waals surface area contributed by atoms with E-state index in [4.69, 9.17) is 9.47 Å². The number of hydrogen-bond donors (Lipinski definition) is 4. The fourth-order valence-corrected chi connectivity index (χ4v) is 2.57. The molecular weight excluding hydrogens is 304 g/mol. The van der Waals surface area contributed by atoms with Crippen molar-refractivity contribution in [3.63, 3.8) is 0 Å². The minimum Gasteiger partial charge on any atom is -0.504 e. The van der Waals surface area contributed by atoms with Gasteiger partial charge in [0.25, 0.3) is 5.79 Å². The molecule has 0 aromatic heterocycles. The second-order valence-electron chi connectivity index (χ2n) is 5.10. The highest BCUT2D eigenvalue weighted by molar-refractivity contribution is 6.08. The normalized spacial score (nSPS) is 26.5. The molecule has 1 heterocycles. The van der Waals surface area contributed by atoms with Crippen molar-refractivity contribution >= 4 is 5.78 Å². The van der Waals surface area contributed by atoms with Crippen LogP contribution in [0.1, 0.15) is 15.9 Å². The van der Waals surface area contributed by atoms with Crippen molar-refractivity contribution in [3.05, 3.63) is 53.6 Å². The van der Waals surface area contributed by atoms with E-state index in [0.29, 0.717) is 0 Å². The van der Waals surface area contributed by atoms with Gasteiger partial charge in [-0.25, -0.2) is 0 Å². The highest BCUT2D eigenvalue weighted by atomic mass is 16.7. The molecule has 2 atom stereocenters. The van der Waals surface area contributed by atoms with Crippen LogP contribution in [0.5, 0.6) is 17.2 Å². The van der Waals surface area contributed by atoms with Crippen molar-refractivity contribution < 1.29 is 34.7 Å². The van der Waals surface area contributed by atoms with Gasteiger partial charge in [-0.2, -0.15) is 0 Å². The lowest BCUT2D eigenvalue weighted by Crippen LogP contribution is -2.64. The Morgan fingerprint density at radius 1 is 1.04 bits per heavy atom. The van der Waals surface area contributed by atoms with Crippen LogP contribution >= 0.6 is 0 Å². The standard InChI is InChI=1S/C16H14O7/c1-22-16(21)14(19)12-11(8-7-10(17)13(12)18)23-15(16,20)9-5-3-2-4-6-9/h2-8,17-18,20-21H,1H3. The van der Waals surface area contributed by atoms with Crippen LogP contribution in [0.15, 0.2) is 42.5 Å². The lowest BCUT2D eigenvalue weighted by molar-refractivity contribution is -0.336. The third-order valence-electron chi connectivity index (χ3n) is 3.83. The molecule has 0 spiro atoms. The molecule has 0 radical (unpaired) electrons. The molecule has 2 aromatic carbocycles. The number of carbonyl (C=O) groups is 1. The molecule has 120 valence electrons. The van der Waals surface area contributed by atoms with Gasteiger partial charge < -0.3 is 29.9 Å². The highest BCUT2D eigenvalue weighted by Crippen LogP contribution is 2.49. The smallest absolute Gasteiger partial charge is 0.304 e. The quantitative estimate of drug-likeness (QED) is 0.479. The van der Waals surface area contributed by atoms with Gasteiger partial charge in [-0.3, -0.25) is 4.79 Å². The van der Waals surface area contributed by atoms with E-state index in [1.807, 2.05) is 0 Å². The summed E-state index contributed by atoms with van der Waals surface area (Å²) in [7, 11) is 1.01. The molecule has 0 bridgehead atoms. The first kappa shape index (κ1) is 15.3. The fraction of sp³-hybridized carbons (Fsp3) is 0.188. The third-order valence-corrected chi connectivity index (χ3v) is 3.83. The number of fused-ring (bicyclic) bond motifs is 1. The molecule has 3 rings (SSSR count). The van der Waals surface area contributed by atoms with Gasteiger partial charge in [0.15, 0.2) is 11.5 Å². The molecule has 1 aliphatic rings. The number of hydrogen-bond acceptors (Lipinski definition) is 7. The maximum atomic E-state index is 12.6. The molecule has 1 aliphatic heterocycles. The van der Waals surface area contributed by atoms with E-state index in [1.54, 1.807) is 18.2 Å². The Labute approximate surface area is 131 Å². The van der Waals surface area contributed by atoms with E-state index in [-0.39, 0.29) is 11.3 Å². The molecule has 2 aromatic rings. The molecule has 23 heavy (non-hydrogen) atoms. The van der Waals surface area contributed by atoms with E-state index in [2.05, 4.69) is 0 Å². The maximum Gasteiger partial charge on any atom is 0.304 e. The van der Waals surface area contributed by atoms with Crippen LogP contribution in [0.3, 0.4) is 0 Å². The number of phenols is 2. The molecule has 7 heteroatoms. The van der Waals surface area contributed by atoms with Crippen molar-refractivity contribution in [1.82, 2.24) is 0 Å². The molecule has 7 nitrogen and oxygen atoms in total. The number of aliphatic hydroxyl groups is 2. The van der Waals surface area contributed by atoms with Crippen molar-refractivity contribution in [3.8, 4) is 17.2 Å². The number of ketones is 1. The summed E-state index contributed by atoms with van der Waals surface area (Å²) >= 11 is 0. The Morgan fingerprint density at radius 3 is 2.30 bits per heavy atom. The highest BCUT2D eigenvalue weighted by Gasteiger charge is 2.64. The monoisotopic (exact) mass is 318 g/mol. The molecule has 2 unspecified atom stereocenters. The largest absolute Gasteiger partial charge is 0.504 e. The first-order valence-corrected chi connectivity index (χ1v) is 6.69. The van der Waals surface area contributed by atoms with E-state index in [1.165, 1.54) is 18.2 Å². The van der Waals surface area contributed by atoms with E-state index in [9.17, 15) is 25.2 Å².